The summed E-state index contributed by atoms with van der Waals surface area (Å²) in [5, 5.41) is 0. The molecule has 0 aliphatic carbocycles. The monoisotopic (exact) mass is 296 g/mol. The van der Waals surface area contributed by atoms with Crippen LogP contribution in [0, 0.1) is 0 Å². The topological polar surface area (TPSA) is 80.5 Å². The molecule has 1 heterocycles. The van der Waals surface area contributed by atoms with Crippen molar-refractivity contribution in [1.82, 2.24) is 4.90 Å². The minimum atomic E-state index is -3.22. The smallest absolute Gasteiger partial charge is 0.254 e. The molecule has 2 rings (SSSR count). The zero-order valence-corrected chi connectivity index (χ0v) is 12.8. The van der Waals surface area contributed by atoms with E-state index in [1.807, 2.05) is 6.07 Å². The highest BCUT2D eigenvalue weighted by Gasteiger charge is 2.32. The van der Waals surface area contributed by atoms with Crippen LogP contribution in [0.2, 0.25) is 0 Å². The van der Waals surface area contributed by atoms with Crippen LogP contribution in [0.5, 0.6) is 0 Å². The molecule has 1 aliphatic rings. The van der Waals surface area contributed by atoms with Crippen LogP contribution in [0.3, 0.4) is 0 Å². The first kappa shape index (κ1) is 14.8. The number of nitrogens with zero attached hydrogens (tertiary/aromatic N) is 1. The molecule has 0 bridgehead atoms. The van der Waals surface area contributed by atoms with Gasteiger partial charge in [0, 0.05) is 24.3 Å². The highest BCUT2D eigenvalue weighted by Crippen LogP contribution is 2.25. The lowest BCUT2D eigenvalue weighted by molar-refractivity contribution is 0.0788. The molecule has 0 spiro atoms. The van der Waals surface area contributed by atoms with E-state index in [0.29, 0.717) is 17.8 Å². The predicted octanol–water partition coefficient (Wildman–Crippen LogP) is 1.44. The number of fused-ring (bicyclic) bond motifs is 1. The number of amides is 1. The number of carbonyl (C=O) groups is 1. The van der Waals surface area contributed by atoms with Crippen LogP contribution < -0.4 is 5.73 Å². The summed E-state index contributed by atoms with van der Waals surface area (Å²) in [6.07, 6.45) is 0. The SMILES string of the molecule is CC(C)(C)S(=O)(=O)CCN1Cc2ccc(N)cc2C1=O. The van der Waals surface area contributed by atoms with Crippen molar-refractivity contribution in [3.63, 3.8) is 0 Å². The third-order valence-electron chi connectivity index (χ3n) is 3.58. The zero-order valence-electron chi connectivity index (χ0n) is 12.0. The molecule has 0 atom stereocenters. The molecule has 6 heteroatoms. The number of benzene rings is 1. The van der Waals surface area contributed by atoms with E-state index >= 15 is 0 Å². The van der Waals surface area contributed by atoms with E-state index in [4.69, 9.17) is 5.73 Å². The predicted molar refractivity (Wildman–Crippen MR) is 79.1 cm³/mol. The molecule has 2 N–H and O–H groups in total. The maximum absolute atomic E-state index is 12.2. The molecule has 0 unspecified atom stereocenters. The Labute approximate surface area is 119 Å². The summed E-state index contributed by atoms with van der Waals surface area (Å²) < 4.78 is 23.4. The van der Waals surface area contributed by atoms with Gasteiger partial charge < -0.3 is 10.6 Å². The Bertz CT molecular complexity index is 645. The molecule has 5 nitrogen and oxygen atoms in total. The number of rotatable bonds is 3. The molecule has 1 aliphatic heterocycles. The normalized spacial score (nSPS) is 15.6. The highest BCUT2D eigenvalue weighted by molar-refractivity contribution is 7.92. The van der Waals surface area contributed by atoms with Crippen molar-refractivity contribution in [1.29, 1.82) is 0 Å². The first-order chi connectivity index (χ1) is 9.12. The van der Waals surface area contributed by atoms with Crippen LogP contribution in [0.15, 0.2) is 18.2 Å². The molecule has 0 aromatic heterocycles. The summed E-state index contributed by atoms with van der Waals surface area (Å²) in [7, 11) is -3.22. The molecule has 0 saturated heterocycles. The van der Waals surface area contributed by atoms with Crippen molar-refractivity contribution >= 4 is 21.4 Å². The van der Waals surface area contributed by atoms with Gasteiger partial charge in [0.05, 0.1) is 10.5 Å². The Kier molecular flexibility index (Phi) is 3.54. The molecular formula is C14H20N2O3S. The lowest BCUT2D eigenvalue weighted by Gasteiger charge is -2.22. The Balaban J connectivity index is 2.10. The minimum Gasteiger partial charge on any atom is -0.399 e. The molecule has 0 saturated carbocycles. The van der Waals surface area contributed by atoms with Gasteiger partial charge in [-0.05, 0) is 38.5 Å². The average molecular weight is 296 g/mol. The number of carbonyl (C=O) groups excluding carboxylic acids is 1. The third kappa shape index (κ3) is 2.65. The van der Waals surface area contributed by atoms with Crippen molar-refractivity contribution < 1.29 is 13.2 Å². The van der Waals surface area contributed by atoms with E-state index in [-0.39, 0.29) is 18.2 Å². The van der Waals surface area contributed by atoms with Crippen LogP contribution >= 0.6 is 0 Å². The van der Waals surface area contributed by atoms with Gasteiger partial charge in [-0.15, -0.1) is 0 Å². The standard InChI is InChI=1S/C14H20N2O3S/c1-14(2,3)20(18,19)7-6-16-9-10-4-5-11(15)8-12(10)13(16)17/h4-5,8H,6-7,9,15H2,1-3H3. The number of nitrogen functional groups attached to an aromatic ring is 1. The summed E-state index contributed by atoms with van der Waals surface area (Å²) in [6.45, 7) is 5.68. The third-order valence-corrected chi connectivity index (χ3v) is 6.16. The van der Waals surface area contributed by atoms with Gasteiger partial charge in [-0.25, -0.2) is 8.42 Å². The quantitative estimate of drug-likeness (QED) is 0.856. The van der Waals surface area contributed by atoms with E-state index in [9.17, 15) is 13.2 Å². The fourth-order valence-corrected chi connectivity index (χ4v) is 3.17. The molecule has 0 radical (unpaired) electrons. The van der Waals surface area contributed by atoms with Crippen molar-refractivity contribution in [3.8, 4) is 0 Å². The number of nitrogens with two attached hydrogens (primary N) is 1. The van der Waals surface area contributed by atoms with E-state index in [2.05, 4.69) is 0 Å². The molecule has 110 valence electrons. The van der Waals surface area contributed by atoms with Crippen LogP contribution in [0.25, 0.3) is 0 Å². The lowest BCUT2D eigenvalue weighted by Crippen LogP contribution is -2.36. The zero-order chi connectivity index (χ0) is 15.1. The number of hydrogen-bond donors (Lipinski definition) is 1. The van der Waals surface area contributed by atoms with Crippen LogP contribution in [-0.4, -0.2) is 36.3 Å². The fraction of sp³-hybridized carbons (Fsp3) is 0.500. The van der Waals surface area contributed by atoms with Crippen LogP contribution in [0.4, 0.5) is 5.69 Å². The van der Waals surface area contributed by atoms with E-state index in [1.54, 1.807) is 37.8 Å². The largest absolute Gasteiger partial charge is 0.399 e. The fourth-order valence-electron chi connectivity index (χ4n) is 2.10. The Morgan fingerprint density at radius 2 is 1.95 bits per heavy atom. The maximum atomic E-state index is 12.2. The summed E-state index contributed by atoms with van der Waals surface area (Å²) in [4.78, 5) is 13.8. The molecular weight excluding hydrogens is 276 g/mol. The summed E-state index contributed by atoms with van der Waals surface area (Å²) >= 11 is 0. The first-order valence-corrected chi connectivity index (χ1v) is 8.17. The lowest BCUT2D eigenvalue weighted by atomic mass is 10.1. The Morgan fingerprint density at radius 3 is 2.55 bits per heavy atom. The molecule has 1 aromatic rings. The van der Waals surface area contributed by atoms with Crippen molar-refractivity contribution in [2.24, 2.45) is 0 Å². The number of hydrogen-bond acceptors (Lipinski definition) is 4. The van der Waals surface area contributed by atoms with Crippen molar-refractivity contribution in [2.45, 2.75) is 32.1 Å². The Morgan fingerprint density at radius 1 is 1.30 bits per heavy atom. The van der Waals surface area contributed by atoms with Gasteiger partial charge in [0.2, 0.25) is 0 Å². The van der Waals surface area contributed by atoms with Crippen LogP contribution in [-0.2, 0) is 16.4 Å². The van der Waals surface area contributed by atoms with Crippen molar-refractivity contribution in [2.75, 3.05) is 18.0 Å². The molecule has 20 heavy (non-hydrogen) atoms. The highest BCUT2D eigenvalue weighted by atomic mass is 32.2. The Hall–Kier alpha value is -1.56. The average Bonchev–Trinajstić information content (AvgIpc) is 2.63. The van der Waals surface area contributed by atoms with Crippen molar-refractivity contribution in [3.05, 3.63) is 29.3 Å². The summed E-state index contributed by atoms with van der Waals surface area (Å²) in [5.74, 6) is -0.164. The minimum absolute atomic E-state index is 0.0221. The molecule has 0 fully saturated rings. The second-order valence-corrected chi connectivity index (χ2v) is 8.94. The van der Waals surface area contributed by atoms with Gasteiger partial charge in [0.1, 0.15) is 0 Å². The number of sulfone groups is 1. The van der Waals surface area contributed by atoms with E-state index in [0.717, 1.165) is 5.56 Å². The van der Waals surface area contributed by atoms with Gasteiger partial charge in [-0.1, -0.05) is 6.07 Å². The van der Waals surface area contributed by atoms with Crippen LogP contribution in [0.1, 0.15) is 36.7 Å². The van der Waals surface area contributed by atoms with E-state index in [1.165, 1.54) is 0 Å². The second-order valence-electron chi connectivity index (χ2n) is 6.07. The van der Waals surface area contributed by atoms with Gasteiger partial charge in [0.15, 0.2) is 9.84 Å². The summed E-state index contributed by atoms with van der Waals surface area (Å²) in [6, 6.07) is 5.22. The first-order valence-electron chi connectivity index (χ1n) is 6.52. The molecule has 1 aromatic carbocycles. The summed E-state index contributed by atoms with van der Waals surface area (Å²) in [5.41, 5.74) is 7.70. The second kappa shape index (κ2) is 4.77. The number of anilines is 1. The van der Waals surface area contributed by atoms with Gasteiger partial charge in [0.25, 0.3) is 5.91 Å². The van der Waals surface area contributed by atoms with E-state index < -0.39 is 14.6 Å². The van der Waals surface area contributed by atoms with Gasteiger partial charge in [-0.3, -0.25) is 4.79 Å². The van der Waals surface area contributed by atoms with Gasteiger partial charge in [-0.2, -0.15) is 0 Å². The maximum Gasteiger partial charge on any atom is 0.254 e. The molecule has 1 amide bonds. The van der Waals surface area contributed by atoms with Gasteiger partial charge >= 0.3 is 0 Å².